The van der Waals surface area contributed by atoms with Crippen molar-refractivity contribution >= 4 is 48.8 Å². The average molecular weight is 389 g/mol. The zero-order valence-electron chi connectivity index (χ0n) is 11.9. The van der Waals surface area contributed by atoms with Crippen molar-refractivity contribution in [3.05, 3.63) is 38.1 Å². The van der Waals surface area contributed by atoms with Crippen LogP contribution in [0.4, 0.5) is 0 Å². The number of hydrogen-bond acceptors (Lipinski definition) is 4. The van der Waals surface area contributed by atoms with Gasteiger partial charge in [-0.3, -0.25) is 0 Å². The minimum atomic E-state index is 0.739. The smallest absolute Gasteiger partial charge is 0.126 e. The molecule has 1 aliphatic carbocycles. The zero-order valence-corrected chi connectivity index (χ0v) is 15.1. The van der Waals surface area contributed by atoms with Crippen LogP contribution >= 0.6 is 38.6 Å². The van der Waals surface area contributed by atoms with Gasteiger partial charge in [0, 0.05) is 21.5 Å². The molecule has 4 rings (SSSR count). The van der Waals surface area contributed by atoms with Crippen molar-refractivity contribution < 1.29 is 0 Å². The largest absolute Gasteiger partial charge is 0.242 e. The molecule has 2 nitrogen and oxygen atoms in total. The molecule has 3 aromatic heterocycles. The van der Waals surface area contributed by atoms with Gasteiger partial charge in [-0.05, 0) is 58.6 Å². The number of thiophene rings is 2. The van der Waals surface area contributed by atoms with Crippen LogP contribution in [0.25, 0.3) is 20.7 Å². The summed E-state index contributed by atoms with van der Waals surface area (Å²) >= 11 is 6.88. The van der Waals surface area contributed by atoms with Crippen molar-refractivity contribution in [2.24, 2.45) is 0 Å². The Hall–Kier alpha value is -1.22. The predicted molar refractivity (Wildman–Crippen MR) is 96.6 cm³/mol. The Bertz CT molecular complexity index is 888. The Morgan fingerprint density at radius 2 is 2.09 bits per heavy atom. The topological polar surface area (TPSA) is 36.7 Å². The normalized spacial score (nSPS) is 14.5. The Labute approximate surface area is 145 Å². The second-order valence-electron chi connectivity index (χ2n) is 5.49. The second kappa shape index (κ2) is 5.77. The van der Waals surface area contributed by atoms with Crippen LogP contribution in [0.1, 0.15) is 36.1 Å². The highest BCUT2D eigenvalue weighted by atomic mass is 79.9. The minimum Gasteiger partial charge on any atom is -0.242 e. The number of nitriles is 1. The number of pyridine rings is 1. The Morgan fingerprint density at radius 3 is 2.86 bits per heavy atom. The highest BCUT2D eigenvalue weighted by molar-refractivity contribution is 9.11. The molecule has 0 aromatic carbocycles. The zero-order chi connectivity index (χ0) is 15.1. The first-order valence-corrected chi connectivity index (χ1v) is 9.86. The first kappa shape index (κ1) is 14.4. The quantitative estimate of drug-likeness (QED) is 0.484. The van der Waals surface area contributed by atoms with E-state index in [4.69, 9.17) is 4.98 Å². The maximum absolute atomic E-state index is 9.59. The van der Waals surface area contributed by atoms with E-state index in [-0.39, 0.29) is 0 Å². The van der Waals surface area contributed by atoms with E-state index >= 15 is 0 Å². The van der Waals surface area contributed by atoms with E-state index in [1.165, 1.54) is 41.0 Å². The van der Waals surface area contributed by atoms with Gasteiger partial charge < -0.3 is 0 Å². The van der Waals surface area contributed by atoms with Crippen LogP contribution < -0.4 is 0 Å². The maximum atomic E-state index is 9.59. The lowest BCUT2D eigenvalue weighted by Gasteiger charge is -2.12. The molecule has 3 heterocycles. The fourth-order valence-electron chi connectivity index (χ4n) is 3.23. The summed E-state index contributed by atoms with van der Waals surface area (Å²) in [6.07, 6.45) is 5.83. The molecule has 0 aliphatic heterocycles. The predicted octanol–water partition coefficient (Wildman–Crippen LogP) is 5.93. The number of nitrogens with zero attached hydrogens (tertiary/aromatic N) is 2. The molecule has 0 saturated carbocycles. The van der Waals surface area contributed by atoms with Crippen molar-refractivity contribution in [3.8, 4) is 16.5 Å². The monoisotopic (exact) mass is 388 g/mol. The van der Waals surface area contributed by atoms with Crippen LogP contribution in [-0.4, -0.2) is 4.98 Å². The van der Waals surface area contributed by atoms with Gasteiger partial charge in [0.05, 0.1) is 9.35 Å². The number of hydrogen-bond donors (Lipinski definition) is 0. The van der Waals surface area contributed by atoms with Crippen molar-refractivity contribution in [3.63, 3.8) is 0 Å². The fourth-order valence-corrected chi connectivity index (χ4v) is 5.66. The van der Waals surface area contributed by atoms with Crippen molar-refractivity contribution in [1.82, 2.24) is 4.98 Å². The fraction of sp³-hybridized carbons (Fsp3) is 0.294. The number of aromatic nitrogens is 1. The van der Waals surface area contributed by atoms with E-state index in [0.29, 0.717) is 0 Å². The molecule has 3 aromatic rings. The third-order valence-corrected chi connectivity index (χ3v) is 6.84. The van der Waals surface area contributed by atoms with Crippen molar-refractivity contribution in [2.45, 2.75) is 32.1 Å². The molecule has 0 fully saturated rings. The number of fused-ring (bicyclic) bond motifs is 2. The van der Waals surface area contributed by atoms with E-state index in [0.717, 1.165) is 32.4 Å². The second-order valence-corrected chi connectivity index (χ2v) is 8.76. The van der Waals surface area contributed by atoms with E-state index in [1.54, 1.807) is 22.7 Å². The molecule has 0 amide bonds. The third kappa shape index (κ3) is 2.21. The van der Waals surface area contributed by atoms with Crippen LogP contribution in [0, 0.1) is 11.3 Å². The van der Waals surface area contributed by atoms with Gasteiger partial charge in [-0.1, -0.05) is 12.5 Å². The number of halogens is 1. The van der Waals surface area contributed by atoms with Crippen LogP contribution in [0.5, 0.6) is 0 Å². The Morgan fingerprint density at radius 1 is 1.23 bits per heavy atom. The summed E-state index contributed by atoms with van der Waals surface area (Å²) in [6, 6.07) is 6.62. The van der Waals surface area contributed by atoms with E-state index in [9.17, 15) is 5.26 Å². The Kier molecular flexibility index (Phi) is 3.77. The summed E-state index contributed by atoms with van der Waals surface area (Å²) in [5, 5.41) is 12.7. The van der Waals surface area contributed by atoms with Crippen LogP contribution in [0.3, 0.4) is 0 Å². The van der Waals surface area contributed by atoms with Crippen LogP contribution in [-0.2, 0) is 12.8 Å². The summed E-state index contributed by atoms with van der Waals surface area (Å²) in [4.78, 5) is 7.17. The van der Waals surface area contributed by atoms with E-state index in [2.05, 4.69) is 39.5 Å². The molecular weight excluding hydrogens is 376 g/mol. The molecule has 0 unspecified atom stereocenters. The molecule has 0 spiro atoms. The van der Waals surface area contributed by atoms with Gasteiger partial charge in [0.1, 0.15) is 10.9 Å². The van der Waals surface area contributed by atoms with E-state index in [1.807, 2.05) is 0 Å². The molecule has 0 N–H and O–H groups in total. The molecule has 110 valence electrons. The highest BCUT2D eigenvalue weighted by Gasteiger charge is 2.23. The molecule has 1 aliphatic rings. The summed E-state index contributed by atoms with van der Waals surface area (Å²) in [6.45, 7) is 0. The average Bonchev–Trinajstić information content (AvgIpc) is 3.07. The highest BCUT2D eigenvalue weighted by Crippen LogP contribution is 2.44. The Balaban J connectivity index is 2.15. The van der Waals surface area contributed by atoms with Gasteiger partial charge in [0.2, 0.25) is 0 Å². The molecule has 0 radical (unpaired) electrons. The summed E-state index contributed by atoms with van der Waals surface area (Å²) in [5.41, 5.74) is 4.61. The third-order valence-electron chi connectivity index (χ3n) is 4.20. The van der Waals surface area contributed by atoms with Crippen molar-refractivity contribution in [2.75, 3.05) is 0 Å². The summed E-state index contributed by atoms with van der Waals surface area (Å²) < 4.78 is 0.899. The molecule has 0 atom stereocenters. The molecule has 0 saturated heterocycles. The lowest BCUT2D eigenvalue weighted by molar-refractivity contribution is 0.709. The summed E-state index contributed by atoms with van der Waals surface area (Å²) in [7, 11) is 0. The van der Waals surface area contributed by atoms with Crippen molar-refractivity contribution in [1.29, 1.82) is 5.26 Å². The lowest BCUT2D eigenvalue weighted by atomic mass is 9.96. The minimum absolute atomic E-state index is 0.739. The molecule has 22 heavy (non-hydrogen) atoms. The van der Waals surface area contributed by atoms with Gasteiger partial charge in [0.15, 0.2) is 0 Å². The standard InChI is InChI=1S/C17H13BrN2S2/c18-16-11(9-19)15-14(13-7-4-8-21-13)10-5-2-1-3-6-12(10)20-17(15)22-16/h4,7-8H,1-3,5-6H2. The van der Waals surface area contributed by atoms with Gasteiger partial charge in [-0.25, -0.2) is 4.98 Å². The van der Waals surface area contributed by atoms with Crippen LogP contribution in [0.2, 0.25) is 0 Å². The SMILES string of the molecule is N#Cc1c(Br)sc2nc3c(c(-c4cccs4)c12)CCCCC3. The van der Waals surface area contributed by atoms with Crippen LogP contribution in [0.15, 0.2) is 21.3 Å². The first-order valence-electron chi connectivity index (χ1n) is 7.37. The van der Waals surface area contributed by atoms with Gasteiger partial charge >= 0.3 is 0 Å². The molecular formula is C17H13BrN2S2. The maximum Gasteiger partial charge on any atom is 0.126 e. The molecule has 0 bridgehead atoms. The lowest BCUT2D eigenvalue weighted by Crippen LogP contribution is -1.99. The van der Waals surface area contributed by atoms with Gasteiger partial charge in [0.25, 0.3) is 0 Å². The van der Waals surface area contributed by atoms with Gasteiger partial charge in [-0.2, -0.15) is 5.26 Å². The molecule has 5 heteroatoms. The first-order chi connectivity index (χ1) is 10.8. The van der Waals surface area contributed by atoms with Gasteiger partial charge in [-0.15, -0.1) is 22.7 Å². The number of rotatable bonds is 1. The van der Waals surface area contributed by atoms with E-state index < -0.39 is 0 Å². The summed E-state index contributed by atoms with van der Waals surface area (Å²) in [5.74, 6) is 0. The number of aryl methyl sites for hydroxylation is 1.